The molecule has 4 rings (SSSR count). The summed E-state index contributed by atoms with van der Waals surface area (Å²) in [5.74, 6) is 2.58. The number of phenols is 2. The van der Waals surface area contributed by atoms with E-state index in [1.54, 1.807) is 18.2 Å². The number of fused-ring (bicyclic) bond motifs is 3. The van der Waals surface area contributed by atoms with E-state index in [0.29, 0.717) is 23.5 Å². The zero-order valence-electron chi connectivity index (χ0n) is 14.2. The van der Waals surface area contributed by atoms with Gasteiger partial charge in [-0.2, -0.15) is 0 Å². The zero-order chi connectivity index (χ0) is 16.9. The Morgan fingerprint density at radius 1 is 1.00 bits per heavy atom. The SMILES string of the molecule is CC(C)[C@]1(c2ccc(O)cc2)Oc2ccc(O)cc2[C@@H]2CCC[C@@H]21. The van der Waals surface area contributed by atoms with E-state index in [2.05, 4.69) is 13.8 Å². The van der Waals surface area contributed by atoms with Crippen molar-refractivity contribution in [3.63, 3.8) is 0 Å². The normalized spacial score (nSPS) is 28.3. The minimum absolute atomic E-state index is 0.279. The Morgan fingerprint density at radius 2 is 1.71 bits per heavy atom. The van der Waals surface area contributed by atoms with Crippen molar-refractivity contribution in [2.45, 2.75) is 44.6 Å². The van der Waals surface area contributed by atoms with Crippen molar-refractivity contribution in [1.29, 1.82) is 0 Å². The quantitative estimate of drug-likeness (QED) is 0.824. The lowest BCUT2D eigenvalue weighted by atomic mass is 9.66. The van der Waals surface area contributed by atoms with Gasteiger partial charge in [0.25, 0.3) is 0 Å². The summed E-state index contributed by atoms with van der Waals surface area (Å²) >= 11 is 0. The van der Waals surface area contributed by atoms with E-state index in [4.69, 9.17) is 4.74 Å². The largest absolute Gasteiger partial charge is 0.508 e. The van der Waals surface area contributed by atoms with Crippen LogP contribution in [0.5, 0.6) is 17.2 Å². The van der Waals surface area contributed by atoms with E-state index in [1.165, 1.54) is 6.42 Å². The third-order valence-corrected chi connectivity index (χ3v) is 5.91. The summed E-state index contributed by atoms with van der Waals surface area (Å²) in [6.07, 6.45) is 3.44. The van der Waals surface area contributed by atoms with E-state index >= 15 is 0 Å². The first-order chi connectivity index (χ1) is 11.5. The van der Waals surface area contributed by atoms with Crippen molar-refractivity contribution in [3.8, 4) is 17.2 Å². The predicted molar refractivity (Wildman–Crippen MR) is 93.4 cm³/mol. The molecule has 1 aliphatic carbocycles. The van der Waals surface area contributed by atoms with Crippen molar-refractivity contribution in [2.75, 3.05) is 0 Å². The lowest BCUT2D eigenvalue weighted by molar-refractivity contribution is -0.0586. The van der Waals surface area contributed by atoms with Gasteiger partial charge in [0.05, 0.1) is 0 Å². The van der Waals surface area contributed by atoms with E-state index in [1.807, 2.05) is 24.3 Å². The summed E-state index contributed by atoms with van der Waals surface area (Å²) in [7, 11) is 0. The molecular formula is C21H24O3. The predicted octanol–water partition coefficient (Wildman–Crippen LogP) is 4.93. The molecule has 0 saturated heterocycles. The van der Waals surface area contributed by atoms with Gasteiger partial charge in [0.15, 0.2) is 0 Å². The van der Waals surface area contributed by atoms with E-state index in [0.717, 1.165) is 29.7 Å². The van der Waals surface area contributed by atoms with Crippen LogP contribution in [0, 0.1) is 11.8 Å². The molecular weight excluding hydrogens is 300 g/mol. The number of phenolic OH excluding ortho intramolecular Hbond substituents is 2. The molecule has 0 bridgehead atoms. The Bertz CT molecular complexity index is 750. The fourth-order valence-corrected chi connectivity index (χ4v) is 4.90. The third kappa shape index (κ3) is 2.10. The minimum Gasteiger partial charge on any atom is -0.508 e. The van der Waals surface area contributed by atoms with Gasteiger partial charge in [0.2, 0.25) is 0 Å². The molecule has 1 saturated carbocycles. The average molecular weight is 324 g/mol. The molecule has 1 heterocycles. The molecule has 0 spiro atoms. The smallest absolute Gasteiger partial charge is 0.140 e. The number of rotatable bonds is 2. The summed E-state index contributed by atoms with van der Waals surface area (Å²) < 4.78 is 6.68. The molecule has 2 aromatic rings. The second-order valence-electron chi connectivity index (χ2n) is 7.46. The van der Waals surface area contributed by atoms with Crippen LogP contribution in [0.4, 0.5) is 0 Å². The molecule has 126 valence electrons. The highest BCUT2D eigenvalue weighted by atomic mass is 16.5. The van der Waals surface area contributed by atoms with Crippen LogP contribution >= 0.6 is 0 Å². The molecule has 3 heteroatoms. The van der Waals surface area contributed by atoms with Gasteiger partial charge in [-0.25, -0.2) is 0 Å². The highest BCUT2D eigenvalue weighted by Gasteiger charge is 2.54. The van der Waals surface area contributed by atoms with Gasteiger partial charge in [-0.15, -0.1) is 0 Å². The van der Waals surface area contributed by atoms with Crippen molar-refractivity contribution >= 4 is 0 Å². The third-order valence-electron chi connectivity index (χ3n) is 5.91. The van der Waals surface area contributed by atoms with Gasteiger partial charge >= 0.3 is 0 Å². The summed E-state index contributed by atoms with van der Waals surface area (Å²) in [5, 5.41) is 19.6. The number of hydrogen-bond donors (Lipinski definition) is 2. The zero-order valence-corrected chi connectivity index (χ0v) is 14.2. The van der Waals surface area contributed by atoms with Gasteiger partial charge in [-0.1, -0.05) is 32.4 Å². The fourth-order valence-electron chi connectivity index (χ4n) is 4.90. The molecule has 2 aliphatic rings. The first-order valence-corrected chi connectivity index (χ1v) is 8.84. The molecule has 0 amide bonds. The van der Waals surface area contributed by atoms with Crippen LogP contribution in [0.1, 0.15) is 50.2 Å². The number of benzene rings is 2. The van der Waals surface area contributed by atoms with Crippen LogP contribution in [0.2, 0.25) is 0 Å². The van der Waals surface area contributed by atoms with E-state index < -0.39 is 5.60 Å². The Labute approximate surface area is 142 Å². The van der Waals surface area contributed by atoms with Crippen LogP contribution < -0.4 is 4.74 Å². The fraction of sp³-hybridized carbons (Fsp3) is 0.429. The van der Waals surface area contributed by atoms with Crippen molar-refractivity contribution in [2.24, 2.45) is 11.8 Å². The minimum atomic E-state index is -0.390. The lowest BCUT2D eigenvalue weighted by Gasteiger charge is -2.49. The number of hydrogen-bond acceptors (Lipinski definition) is 3. The average Bonchev–Trinajstić information content (AvgIpc) is 3.05. The maximum Gasteiger partial charge on any atom is 0.140 e. The molecule has 1 fully saturated rings. The lowest BCUT2D eigenvalue weighted by Crippen LogP contribution is -2.49. The van der Waals surface area contributed by atoms with Crippen LogP contribution in [-0.2, 0) is 5.60 Å². The highest BCUT2D eigenvalue weighted by molar-refractivity contribution is 5.47. The van der Waals surface area contributed by atoms with Gasteiger partial charge in [-0.05, 0) is 60.6 Å². The monoisotopic (exact) mass is 324 g/mol. The van der Waals surface area contributed by atoms with Gasteiger partial charge in [-0.3, -0.25) is 0 Å². The van der Waals surface area contributed by atoms with Crippen LogP contribution in [0.15, 0.2) is 42.5 Å². The maximum absolute atomic E-state index is 9.91. The highest BCUT2D eigenvalue weighted by Crippen LogP contribution is 2.59. The Morgan fingerprint density at radius 3 is 2.42 bits per heavy atom. The standard InChI is InChI=1S/C21H24O3/c1-13(2)21(14-6-8-15(22)9-7-14)19-5-3-4-17(19)18-12-16(23)10-11-20(18)24-21/h6-13,17,19,22-23H,3-5H2,1-2H3/t17-,19-,21+/m0/s1. The first kappa shape index (κ1) is 15.4. The van der Waals surface area contributed by atoms with E-state index in [9.17, 15) is 10.2 Å². The van der Waals surface area contributed by atoms with E-state index in [-0.39, 0.29) is 5.75 Å². The van der Waals surface area contributed by atoms with Gasteiger partial charge in [0, 0.05) is 11.5 Å². The van der Waals surface area contributed by atoms with Gasteiger partial charge < -0.3 is 14.9 Å². The maximum atomic E-state index is 9.91. The van der Waals surface area contributed by atoms with Crippen LogP contribution in [0.25, 0.3) is 0 Å². The molecule has 3 atom stereocenters. The molecule has 24 heavy (non-hydrogen) atoms. The van der Waals surface area contributed by atoms with Crippen LogP contribution in [-0.4, -0.2) is 10.2 Å². The molecule has 1 aliphatic heterocycles. The topological polar surface area (TPSA) is 49.7 Å². The summed E-state index contributed by atoms with van der Waals surface area (Å²) in [6.45, 7) is 4.43. The second-order valence-corrected chi connectivity index (χ2v) is 7.46. The molecule has 0 aromatic heterocycles. The Kier molecular flexibility index (Phi) is 3.48. The van der Waals surface area contributed by atoms with Crippen molar-refractivity contribution < 1.29 is 14.9 Å². The molecule has 0 radical (unpaired) electrons. The Balaban J connectivity index is 1.91. The first-order valence-electron chi connectivity index (χ1n) is 8.84. The van der Waals surface area contributed by atoms with Gasteiger partial charge in [0.1, 0.15) is 22.8 Å². The second kappa shape index (κ2) is 5.44. The molecule has 2 aromatic carbocycles. The molecule has 3 nitrogen and oxygen atoms in total. The summed E-state index contributed by atoms with van der Waals surface area (Å²) in [4.78, 5) is 0. The molecule has 2 N–H and O–H groups in total. The molecule has 0 unspecified atom stereocenters. The summed E-state index contributed by atoms with van der Waals surface area (Å²) in [5.41, 5.74) is 1.89. The number of aromatic hydroxyl groups is 2. The van der Waals surface area contributed by atoms with Crippen molar-refractivity contribution in [3.05, 3.63) is 53.6 Å². The van der Waals surface area contributed by atoms with Crippen LogP contribution in [0.3, 0.4) is 0 Å². The van der Waals surface area contributed by atoms with Crippen molar-refractivity contribution in [1.82, 2.24) is 0 Å². The Hall–Kier alpha value is -2.16. The summed E-state index contributed by atoms with van der Waals surface area (Å²) in [6, 6.07) is 13.0. The number of ether oxygens (including phenoxy) is 1.